The Hall–Kier alpha value is -1.69. The molecule has 5 heteroatoms. The molecule has 2 heterocycles. The molecule has 0 atom stereocenters. The number of amides is 1. The first-order valence-electron chi connectivity index (χ1n) is 8.24. The molecular formula is C19H23NO3S. The second kappa shape index (κ2) is 7.05. The van der Waals surface area contributed by atoms with Gasteiger partial charge in [0.1, 0.15) is 0 Å². The smallest absolute Gasteiger partial charge is 0.222 e. The van der Waals surface area contributed by atoms with Crippen LogP contribution >= 0.6 is 11.3 Å². The zero-order valence-corrected chi connectivity index (χ0v) is 15.1. The number of hydrogen-bond acceptors (Lipinski definition) is 4. The molecule has 0 unspecified atom stereocenters. The molecule has 4 nitrogen and oxygen atoms in total. The first-order valence-corrected chi connectivity index (χ1v) is 9.05. The topological polar surface area (TPSA) is 47.6 Å². The predicted molar refractivity (Wildman–Crippen MR) is 95.7 cm³/mol. The average Bonchev–Trinajstić information content (AvgIpc) is 3.22. The van der Waals surface area contributed by atoms with E-state index in [2.05, 4.69) is 29.6 Å². The van der Waals surface area contributed by atoms with Crippen LogP contribution in [0, 0.1) is 5.92 Å². The van der Waals surface area contributed by atoms with Gasteiger partial charge in [-0.05, 0) is 30.2 Å². The van der Waals surface area contributed by atoms with Crippen LogP contribution < -0.4 is 5.32 Å². The van der Waals surface area contributed by atoms with E-state index in [1.807, 2.05) is 32.9 Å². The molecule has 1 aliphatic rings. The van der Waals surface area contributed by atoms with Gasteiger partial charge in [-0.2, -0.15) is 0 Å². The zero-order valence-electron chi connectivity index (χ0n) is 14.3. The molecule has 0 bridgehead atoms. The van der Waals surface area contributed by atoms with Gasteiger partial charge in [-0.25, -0.2) is 0 Å². The predicted octanol–water partition coefficient (Wildman–Crippen LogP) is 3.91. The zero-order chi connectivity index (χ0) is 17.2. The van der Waals surface area contributed by atoms with Crippen molar-refractivity contribution in [1.29, 1.82) is 0 Å². The molecule has 2 aromatic rings. The molecule has 24 heavy (non-hydrogen) atoms. The van der Waals surface area contributed by atoms with Crippen LogP contribution in [0.4, 0.5) is 0 Å². The fraction of sp³-hybridized carbons (Fsp3) is 0.421. The van der Waals surface area contributed by atoms with E-state index in [4.69, 9.17) is 9.47 Å². The third kappa shape index (κ3) is 3.53. The Balaban J connectivity index is 1.82. The van der Waals surface area contributed by atoms with Gasteiger partial charge >= 0.3 is 0 Å². The lowest BCUT2D eigenvalue weighted by atomic mass is 10.1. The summed E-state index contributed by atoms with van der Waals surface area (Å²) in [4.78, 5) is 14.1. The Bertz CT molecular complexity index is 717. The van der Waals surface area contributed by atoms with Crippen molar-refractivity contribution in [1.82, 2.24) is 5.32 Å². The molecule has 0 saturated carbocycles. The third-order valence-electron chi connectivity index (χ3n) is 4.15. The summed E-state index contributed by atoms with van der Waals surface area (Å²) in [6.45, 7) is 7.54. The Morgan fingerprint density at radius 1 is 1.21 bits per heavy atom. The number of carbonyl (C=O) groups excluding carboxylic acids is 1. The summed E-state index contributed by atoms with van der Waals surface area (Å²) < 4.78 is 11.5. The number of rotatable bonds is 5. The van der Waals surface area contributed by atoms with Crippen LogP contribution in [-0.2, 0) is 26.6 Å². The quantitative estimate of drug-likeness (QED) is 0.894. The van der Waals surface area contributed by atoms with Gasteiger partial charge in [0.25, 0.3) is 0 Å². The summed E-state index contributed by atoms with van der Waals surface area (Å²) in [6.07, 6.45) is 0. The Morgan fingerprint density at radius 2 is 1.92 bits per heavy atom. The minimum atomic E-state index is -0.635. The van der Waals surface area contributed by atoms with E-state index in [-0.39, 0.29) is 11.8 Å². The maximum absolute atomic E-state index is 11.8. The van der Waals surface area contributed by atoms with E-state index in [1.54, 1.807) is 11.3 Å². The van der Waals surface area contributed by atoms with Crippen molar-refractivity contribution < 1.29 is 14.3 Å². The van der Waals surface area contributed by atoms with Crippen LogP contribution in [0.25, 0.3) is 10.4 Å². The highest BCUT2D eigenvalue weighted by Crippen LogP contribution is 2.39. The molecule has 1 saturated heterocycles. The summed E-state index contributed by atoms with van der Waals surface area (Å²) in [6, 6.07) is 12.3. The van der Waals surface area contributed by atoms with Crippen LogP contribution in [-0.4, -0.2) is 19.1 Å². The van der Waals surface area contributed by atoms with Gasteiger partial charge < -0.3 is 14.8 Å². The van der Waals surface area contributed by atoms with Crippen LogP contribution in [0.3, 0.4) is 0 Å². The monoisotopic (exact) mass is 345 g/mol. The first-order chi connectivity index (χ1) is 11.5. The molecule has 1 aliphatic heterocycles. The standard InChI is InChI=1S/C19H23NO3S/c1-13(2)18(21)20-12-14-6-4-5-7-15(14)16-8-9-17(24-16)19(3)22-10-11-23-19/h4-9,13H,10-12H2,1-3H3,(H,20,21). The summed E-state index contributed by atoms with van der Waals surface area (Å²) in [5.41, 5.74) is 2.25. The fourth-order valence-corrected chi connectivity index (χ4v) is 3.81. The van der Waals surface area contributed by atoms with E-state index in [1.165, 1.54) is 0 Å². The van der Waals surface area contributed by atoms with Gasteiger partial charge in [-0.3, -0.25) is 4.79 Å². The number of carbonyl (C=O) groups is 1. The van der Waals surface area contributed by atoms with E-state index < -0.39 is 5.79 Å². The molecule has 0 spiro atoms. The fourth-order valence-electron chi connectivity index (χ4n) is 2.68. The number of nitrogens with one attached hydrogen (secondary N) is 1. The van der Waals surface area contributed by atoms with Crippen molar-refractivity contribution >= 4 is 17.2 Å². The van der Waals surface area contributed by atoms with Gasteiger partial charge in [0.15, 0.2) is 0 Å². The van der Waals surface area contributed by atoms with Gasteiger partial charge in [0.2, 0.25) is 11.7 Å². The Kier molecular flexibility index (Phi) is 5.04. The maximum Gasteiger partial charge on any atom is 0.222 e. The van der Waals surface area contributed by atoms with Gasteiger partial charge in [0, 0.05) is 17.3 Å². The summed E-state index contributed by atoms with van der Waals surface area (Å²) >= 11 is 1.67. The second-order valence-corrected chi connectivity index (χ2v) is 7.42. The molecule has 1 fully saturated rings. The number of hydrogen-bond donors (Lipinski definition) is 1. The van der Waals surface area contributed by atoms with E-state index in [0.717, 1.165) is 20.9 Å². The molecule has 3 rings (SSSR count). The molecule has 0 radical (unpaired) electrons. The van der Waals surface area contributed by atoms with Crippen molar-refractivity contribution in [2.24, 2.45) is 5.92 Å². The van der Waals surface area contributed by atoms with E-state index in [0.29, 0.717) is 19.8 Å². The molecule has 1 aromatic heterocycles. The van der Waals surface area contributed by atoms with E-state index >= 15 is 0 Å². The van der Waals surface area contributed by atoms with Crippen LogP contribution in [0.5, 0.6) is 0 Å². The minimum absolute atomic E-state index is 0.0119. The maximum atomic E-state index is 11.8. The summed E-state index contributed by atoms with van der Waals surface area (Å²) in [5, 5.41) is 2.99. The number of benzene rings is 1. The summed E-state index contributed by atoms with van der Waals surface area (Å²) in [5.74, 6) is -0.581. The Labute approximate surface area is 146 Å². The van der Waals surface area contributed by atoms with Crippen LogP contribution in [0.15, 0.2) is 36.4 Å². The highest BCUT2D eigenvalue weighted by molar-refractivity contribution is 7.15. The van der Waals surface area contributed by atoms with Crippen molar-refractivity contribution in [2.75, 3.05) is 13.2 Å². The summed E-state index contributed by atoms with van der Waals surface area (Å²) in [7, 11) is 0. The average molecular weight is 345 g/mol. The van der Waals surface area contributed by atoms with Gasteiger partial charge in [-0.15, -0.1) is 11.3 Å². The highest BCUT2D eigenvalue weighted by atomic mass is 32.1. The van der Waals surface area contributed by atoms with Gasteiger partial charge in [-0.1, -0.05) is 38.1 Å². The van der Waals surface area contributed by atoms with Crippen molar-refractivity contribution in [3.8, 4) is 10.4 Å². The third-order valence-corrected chi connectivity index (χ3v) is 5.45. The normalized spacial score (nSPS) is 16.5. The highest BCUT2D eigenvalue weighted by Gasteiger charge is 2.34. The van der Waals surface area contributed by atoms with Crippen LogP contribution in [0.2, 0.25) is 0 Å². The number of ether oxygens (including phenoxy) is 2. The Morgan fingerprint density at radius 3 is 2.62 bits per heavy atom. The van der Waals surface area contributed by atoms with E-state index in [9.17, 15) is 4.79 Å². The molecular weight excluding hydrogens is 322 g/mol. The number of thiophene rings is 1. The molecule has 1 aromatic carbocycles. The largest absolute Gasteiger partial charge is 0.352 e. The van der Waals surface area contributed by atoms with Crippen LogP contribution in [0.1, 0.15) is 31.2 Å². The minimum Gasteiger partial charge on any atom is -0.352 e. The molecule has 0 aliphatic carbocycles. The SMILES string of the molecule is CC(C)C(=O)NCc1ccccc1-c1ccc(C2(C)OCCO2)s1. The molecule has 128 valence electrons. The van der Waals surface area contributed by atoms with Gasteiger partial charge in [0.05, 0.1) is 18.1 Å². The lowest BCUT2D eigenvalue weighted by Gasteiger charge is -2.20. The molecule has 1 N–H and O–H groups in total. The lowest BCUT2D eigenvalue weighted by molar-refractivity contribution is -0.146. The first kappa shape index (κ1) is 17.1. The lowest BCUT2D eigenvalue weighted by Crippen LogP contribution is -2.27. The van der Waals surface area contributed by atoms with Crippen molar-refractivity contribution in [2.45, 2.75) is 33.1 Å². The molecule has 1 amide bonds. The second-order valence-electron chi connectivity index (χ2n) is 6.34. The van der Waals surface area contributed by atoms with Crippen molar-refractivity contribution in [3.63, 3.8) is 0 Å². The van der Waals surface area contributed by atoms with Crippen molar-refractivity contribution in [3.05, 3.63) is 46.8 Å².